The van der Waals surface area contributed by atoms with E-state index in [0.29, 0.717) is 11.3 Å². The third kappa shape index (κ3) is 6.35. The SMILES string of the molecule is Cc1noc(C)c1CSc1ccccc1C(=O)OC(C)C(=O)NC(=O)NC1CCCCC1. The fourth-order valence-electron chi connectivity index (χ4n) is 3.58. The third-order valence-electron chi connectivity index (χ3n) is 5.49. The molecule has 0 aliphatic heterocycles. The predicted octanol–water partition coefficient (Wildman–Crippen LogP) is 4.29. The lowest BCUT2D eigenvalue weighted by molar-refractivity contribution is -0.127. The van der Waals surface area contributed by atoms with Gasteiger partial charge < -0.3 is 14.6 Å². The summed E-state index contributed by atoms with van der Waals surface area (Å²) in [6.07, 6.45) is 4.02. The highest BCUT2D eigenvalue weighted by Crippen LogP contribution is 2.29. The van der Waals surface area contributed by atoms with Gasteiger partial charge in [-0.2, -0.15) is 0 Å². The van der Waals surface area contributed by atoms with Gasteiger partial charge in [-0.1, -0.05) is 36.6 Å². The molecular weight excluding hydrogens is 430 g/mol. The van der Waals surface area contributed by atoms with E-state index in [2.05, 4.69) is 15.8 Å². The lowest BCUT2D eigenvalue weighted by Crippen LogP contribution is -2.48. The van der Waals surface area contributed by atoms with Crippen molar-refractivity contribution in [3.8, 4) is 0 Å². The van der Waals surface area contributed by atoms with Crippen LogP contribution in [0.5, 0.6) is 0 Å². The summed E-state index contributed by atoms with van der Waals surface area (Å²) >= 11 is 1.46. The lowest BCUT2D eigenvalue weighted by Gasteiger charge is -2.23. The Morgan fingerprint density at radius 2 is 1.91 bits per heavy atom. The molecule has 1 aromatic carbocycles. The molecule has 0 spiro atoms. The van der Waals surface area contributed by atoms with Crippen molar-refractivity contribution in [3.05, 3.63) is 46.8 Å². The van der Waals surface area contributed by atoms with E-state index in [1.54, 1.807) is 12.1 Å². The molecule has 0 bridgehead atoms. The Morgan fingerprint density at radius 3 is 2.59 bits per heavy atom. The molecule has 1 aliphatic carbocycles. The van der Waals surface area contributed by atoms with E-state index < -0.39 is 24.0 Å². The van der Waals surface area contributed by atoms with E-state index in [-0.39, 0.29) is 6.04 Å². The number of nitrogens with zero attached hydrogens (tertiary/aromatic N) is 1. The van der Waals surface area contributed by atoms with Crippen LogP contribution >= 0.6 is 11.8 Å². The van der Waals surface area contributed by atoms with Gasteiger partial charge in [0, 0.05) is 22.3 Å². The van der Waals surface area contributed by atoms with Crippen LogP contribution < -0.4 is 10.6 Å². The van der Waals surface area contributed by atoms with Gasteiger partial charge in [0.15, 0.2) is 6.10 Å². The summed E-state index contributed by atoms with van der Waals surface area (Å²) in [6, 6.07) is 6.56. The Kier molecular flexibility index (Phi) is 8.33. The van der Waals surface area contributed by atoms with Crippen LogP contribution in [0.25, 0.3) is 0 Å². The summed E-state index contributed by atoms with van der Waals surface area (Å²) in [5.41, 5.74) is 2.15. The van der Waals surface area contributed by atoms with Crippen molar-refractivity contribution in [3.63, 3.8) is 0 Å². The van der Waals surface area contributed by atoms with Gasteiger partial charge in [-0.25, -0.2) is 9.59 Å². The maximum Gasteiger partial charge on any atom is 0.340 e. The summed E-state index contributed by atoms with van der Waals surface area (Å²) in [6.45, 7) is 5.17. The number of thioether (sulfide) groups is 1. The molecule has 9 heteroatoms. The highest BCUT2D eigenvalue weighted by Gasteiger charge is 2.24. The van der Waals surface area contributed by atoms with Crippen molar-refractivity contribution in [1.29, 1.82) is 0 Å². The first-order valence-electron chi connectivity index (χ1n) is 10.8. The molecule has 1 fully saturated rings. The second-order valence-corrected chi connectivity index (χ2v) is 8.95. The number of hydrogen-bond donors (Lipinski definition) is 2. The van der Waals surface area contributed by atoms with Gasteiger partial charge in [0.1, 0.15) is 5.76 Å². The van der Waals surface area contributed by atoms with Crippen molar-refractivity contribution < 1.29 is 23.6 Å². The molecule has 1 heterocycles. The van der Waals surface area contributed by atoms with Gasteiger partial charge in [0.05, 0.1) is 11.3 Å². The molecule has 1 aromatic heterocycles. The molecular formula is C23H29N3O5S. The highest BCUT2D eigenvalue weighted by atomic mass is 32.2. The normalized spacial score (nSPS) is 15.1. The summed E-state index contributed by atoms with van der Waals surface area (Å²) in [7, 11) is 0. The van der Waals surface area contributed by atoms with Gasteiger partial charge in [-0.15, -0.1) is 11.8 Å². The number of nitrogens with one attached hydrogen (secondary N) is 2. The number of benzene rings is 1. The van der Waals surface area contributed by atoms with E-state index in [9.17, 15) is 14.4 Å². The number of carbonyl (C=O) groups is 3. The average molecular weight is 460 g/mol. The number of urea groups is 1. The van der Waals surface area contributed by atoms with Crippen molar-refractivity contribution in [2.75, 3.05) is 0 Å². The summed E-state index contributed by atoms with van der Waals surface area (Å²) < 4.78 is 10.5. The van der Waals surface area contributed by atoms with Crippen molar-refractivity contribution in [2.45, 2.75) is 75.7 Å². The molecule has 0 saturated heterocycles. The number of ether oxygens (including phenoxy) is 1. The minimum absolute atomic E-state index is 0.0796. The Balaban J connectivity index is 1.55. The molecule has 172 valence electrons. The number of hydrogen-bond acceptors (Lipinski definition) is 7. The summed E-state index contributed by atoms with van der Waals surface area (Å²) in [5, 5.41) is 9.02. The van der Waals surface area contributed by atoms with E-state index in [1.807, 2.05) is 26.0 Å². The Hall–Kier alpha value is -2.81. The molecule has 32 heavy (non-hydrogen) atoms. The van der Waals surface area contributed by atoms with E-state index in [4.69, 9.17) is 9.26 Å². The van der Waals surface area contributed by atoms with Crippen LogP contribution in [-0.2, 0) is 15.3 Å². The molecule has 1 atom stereocenters. The molecule has 3 rings (SSSR count). The topological polar surface area (TPSA) is 111 Å². The number of esters is 1. The fraction of sp³-hybridized carbons (Fsp3) is 0.478. The van der Waals surface area contributed by atoms with E-state index in [0.717, 1.165) is 47.6 Å². The van der Waals surface area contributed by atoms with Crippen molar-refractivity contribution in [1.82, 2.24) is 15.8 Å². The van der Waals surface area contributed by atoms with Crippen molar-refractivity contribution in [2.24, 2.45) is 0 Å². The van der Waals surface area contributed by atoms with Crippen LogP contribution in [0.3, 0.4) is 0 Å². The largest absolute Gasteiger partial charge is 0.449 e. The zero-order valence-electron chi connectivity index (χ0n) is 18.6. The first-order valence-corrected chi connectivity index (χ1v) is 11.8. The van der Waals surface area contributed by atoms with Gasteiger partial charge in [0.2, 0.25) is 0 Å². The number of aryl methyl sites for hydroxylation is 2. The summed E-state index contributed by atoms with van der Waals surface area (Å²) in [5.74, 6) is 0.0459. The molecule has 2 aromatic rings. The predicted molar refractivity (Wildman–Crippen MR) is 120 cm³/mol. The number of aromatic nitrogens is 1. The van der Waals surface area contributed by atoms with Crippen LogP contribution in [0.2, 0.25) is 0 Å². The van der Waals surface area contributed by atoms with Crippen LogP contribution in [-0.4, -0.2) is 35.2 Å². The Bertz CT molecular complexity index is 949. The average Bonchev–Trinajstić information content (AvgIpc) is 3.10. The second kappa shape index (κ2) is 11.2. The second-order valence-electron chi connectivity index (χ2n) is 7.93. The van der Waals surface area contributed by atoms with Crippen LogP contribution in [0.4, 0.5) is 4.79 Å². The Labute approximate surface area is 191 Å². The number of carbonyl (C=O) groups excluding carboxylic acids is 3. The van der Waals surface area contributed by atoms with E-state index in [1.165, 1.54) is 25.1 Å². The van der Waals surface area contributed by atoms with E-state index >= 15 is 0 Å². The monoisotopic (exact) mass is 459 g/mol. The number of imide groups is 1. The van der Waals surface area contributed by atoms with Crippen LogP contribution in [0, 0.1) is 13.8 Å². The lowest BCUT2D eigenvalue weighted by atomic mass is 9.96. The quantitative estimate of drug-likeness (QED) is 0.469. The molecule has 0 radical (unpaired) electrons. The molecule has 1 unspecified atom stereocenters. The maximum absolute atomic E-state index is 12.7. The maximum atomic E-state index is 12.7. The van der Waals surface area contributed by atoms with Gasteiger partial charge >= 0.3 is 12.0 Å². The van der Waals surface area contributed by atoms with Gasteiger partial charge in [0.25, 0.3) is 5.91 Å². The third-order valence-corrected chi connectivity index (χ3v) is 6.59. The Morgan fingerprint density at radius 1 is 1.19 bits per heavy atom. The molecule has 1 aliphatic rings. The zero-order valence-corrected chi connectivity index (χ0v) is 19.4. The molecule has 3 amide bonds. The fourth-order valence-corrected chi connectivity index (χ4v) is 4.77. The standard InChI is InChI=1S/C23H29N3O5S/c1-14-19(15(2)31-26-14)13-32-20-12-8-7-11-18(20)22(28)30-16(3)21(27)25-23(29)24-17-9-5-4-6-10-17/h7-8,11-12,16-17H,4-6,9-10,13H2,1-3H3,(H2,24,25,27,29). The van der Waals surface area contributed by atoms with Gasteiger partial charge in [-0.3, -0.25) is 10.1 Å². The number of amides is 3. The molecule has 2 N–H and O–H groups in total. The molecule has 8 nitrogen and oxygen atoms in total. The van der Waals surface area contributed by atoms with Gasteiger partial charge in [-0.05, 0) is 45.7 Å². The zero-order chi connectivity index (χ0) is 23.1. The summed E-state index contributed by atoms with van der Waals surface area (Å²) in [4.78, 5) is 37.9. The first-order chi connectivity index (χ1) is 15.3. The highest BCUT2D eigenvalue weighted by molar-refractivity contribution is 7.98. The van der Waals surface area contributed by atoms with Crippen LogP contribution in [0.1, 0.15) is 66.4 Å². The minimum atomic E-state index is -1.11. The van der Waals surface area contributed by atoms with Crippen molar-refractivity contribution >= 4 is 29.7 Å². The minimum Gasteiger partial charge on any atom is -0.449 e. The molecule has 1 saturated carbocycles. The first kappa shape index (κ1) is 23.8. The van der Waals surface area contributed by atoms with Crippen LogP contribution in [0.15, 0.2) is 33.7 Å². The number of rotatable bonds is 7. The smallest absolute Gasteiger partial charge is 0.340 e.